The SMILES string of the molecule is Cn1nc(C2CCN(Cc3cccc(C(F)(F)F)c3)CC2)n(-c2ccccc2)c1=O. The maximum Gasteiger partial charge on any atom is 0.416 e. The van der Waals surface area contributed by atoms with Crippen molar-refractivity contribution in [2.24, 2.45) is 7.05 Å². The quantitative estimate of drug-likeness (QED) is 0.647. The molecule has 5 nitrogen and oxygen atoms in total. The van der Waals surface area contributed by atoms with Gasteiger partial charge in [0.2, 0.25) is 0 Å². The van der Waals surface area contributed by atoms with E-state index in [2.05, 4.69) is 10.00 Å². The molecule has 1 saturated heterocycles. The van der Waals surface area contributed by atoms with Crippen LogP contribution in [0.25, 0.3) is 5.69 Å². The molecule has 30 heavy (non-hydrogen) atoms. The summed E-state index contributed by atoms with van der Waals surface area (Å²) >= 11 is 0. The van der Waals surface area contributed by atoms with Gasteiger partial charge in [0, 0.05) is 19.5 Å². The molecule has 1 aliphatic rings. The Morgan fingerprint density at radius 2 is 1.73 bits per heavy atom. The number of rotatable bonds is 4. The first-order valence-electron chi connectivity index (χ1n) is 9.93. The van der Waals surface area contributed by atoms with Crippen LogP contribution in [0, 0.1) is 0 Å². The molecular formula is C22H23F3N4O. The van der Waals surface area contributed by atoms with Crippen molar-refractivity contribution in [3.05, 3.63) is 82.0 Å². The number of piperidine rings is 1. The Labute approximate surface area is 172 Å². The first kappa shape index (κ1) is 20.4. The number of alkyl halides is 3. The van der Waals surface area contributed by atoms with Crippen molar-refractivity contribution in [2.45, 2.75) is 31.5 Å². The molecule has 0 saturated carbocycles. The van der Waals surface area contributed by atoms with Crippen molar-refractivity contribution in [3.8, 4) is 5.69 Å². The van der Waals surface area contributed by atoms with E-state index in [0.29, 0.717) is 12.1 Å². The summed E-state index contributed by atoms with van der Waals surface area (Å²) in [5.41, 5.74) is 0.650. The van der Waals surface area contributed by atoms with Gasteiger partial charge in [-0.3, -0.25) is 4.90 Å². The Bertz CT molecular complexity index is 1060. The third kappa shape index (κ3) is 4.18. The van der Waals surface area contributed by atoms with Crippen molar-refractivity contribution < 1.29 is 13.2 Å². The van der Waals surface area contributed by atoms with Crippen LogP contribution in [0.1, 0.15) is 35.7 Å². The standard InChI is InChI=1S/C22H23F3N4O/c1-27-21(30)29(19-8-3-2-4-9-19)20(26-27)17-10-12-28(13-11-17)15-16-6-5-7-18(14-16)22(23,24)25/h2-9,14,17H,10-13,15H2,1H3. The summed E-state index contributed by atoms with van der Waals surface area (Å²) in [5.74, 6) is 0.865. The Hall–Kier alpha value is -2.87. The second-order valence-corrected chi connectivity index (χ2v) is 7.68. The fourth-order valence-corrected chi connectivity index (χ4v) is 4.02. The van der Waals surface area contributed by atoms with Crippen molar-refractivity contribution in [3.63, 3.8) is 0 Å². The zero-order valence-corrected chi connectivity index (χ0v) is 16.6. The van der Waals surface area contributed by atoms with E-state index in [1.165, 1.54) is 16.8 Å². The van der Waals surface area contributed by atoms with Gasteiger partial charge in [-0.25, -0.2) is 14.0 Å². The molecule has 0 unspecified atom stereocenters. The number of benzene rings is 2. The average molecular weight is 416 g/mol. The minimum absolute atomic E-state index is 0.122. The molecule has 158 valence electrons. The lowest BCUT2D eigenvalue weighted by Gasteiger charge is -2.31. The van der Waals surface area contributed by atoms with Gasteiger partial charge >= 0.3 is 11.9 Å². The molecule has 0 bridgehead atoms. The Morgan fingerprint density at radius 3 is 2.40 bits per heavy atom. The van der Waals surface area contributed by atoms with Crippen LogP contribution < -0.4 is 5.69 Å². The van der Waals surface area contributed by atoms with Gasteiger partial charge in [-0.2, -0.15) is 18.3 Å². The zero-order chi connectivity index (χ0) is 21.3. The van der Waals surface area contributed by atoms with Crippen LogP contribution in [0.5, 0.6) is 0 Å². The lowest BCUT2D eigenvalue weighted by Crippen LogP contribution is -2.33. The summed E-state index contributed by atoms with van der Waals surface area (Å²) in [4.78, 5) is 14.8. The number of aromatic nitrogens is 3. The van der Waals surface area contributed by atoms with Gasteiger partial charge in [0.05, 0.1) is 11.3 Å². The minimum atomic E-state index is -4.33. The van der Waals surface area contributed by atoms with Gasteiger partial charge < -0.3 is 0 Å². The van der Waals surface area contributed by atoms with E-state index in [1.54, 1.807) is 17.7 Å². The topological polar surface area (TPSA) is 43.1 Å². The molecule has 2 heterocycles. The molecule has 4 rings (SSSR count). The van der Waals surface area contributed by atoms with Crippen molar-refractivity contribution in [2.75, 3.05) is 13.1 Å². The monoisotopic (exact) mass is 416 g/mol. The second kappa shape index (κ2) is 8.10. The molecule has 0 atom stereocenters. The van der Waals surface area contributed by atoms with Gasteiger partial charge in [0.25, 0.3) is 0 Å². The van der Waals surface area contributed by atoms with Gasteiger partial charge in [-0.05, 0) is 49.7 Å². The molecule has 0 spiro atoms. The van der Waals surface area contributed by atoms with Crippen LogP contribution in [0.15, 0.2) is 59.4 Å². The van der Waals surface area contributed by atoms with Crippen LogP contribution in [-0.4, -0.2) is 32.3 Å². The van der Waals surface area contributed by atoms with Crippen LogP contribution >= 0.6 is 0 Å². The largest absolute Gasteiger partial charge is 0.416 e. The number of hydrogen-bond donors (Lipinski definition) is 0. The summed E-state index contributed by atoms with van der Waals surface area (Å²) in [7, 11) is 1.65. The molecule has 0 aliphatic carbocycles. The third-order valence-electron chi connectivity index (χ3n) is 5.58. The van der Waals surface area contributed by atoms with Gasteiger partial charge in [0.15, 0.2) is 0 Å². The number of halogens is 3. The van der Waals surface area contributed by atoms with E-state index in [1.807, 2.05) is 30.3 Å². The van der Waals surface area contributed by atoms with E-state index in [-0.39, 0.29) is 11.6 Å². The van der Waals surface area contributed by atoms with Crippen molar-refractivity contribution in [1.82, 2.24) is 19.2 Å². The van der Waals surface area contributed by atoms with Gasteiger partial charge in [-0.1, -0.05) is 36.4 Å². The number of para-hydroxylation sites is 1. The molecule has 1 fully saturated rings. The van der Waals surface area contributed by atoms with Crippen LogP contribution in [-0.2, 0) is 19.8 Å². The Kier molecular flexibility index (Phi) is 5.51. The van der Waals surface area contributed by atoms with Crippen molar-refractivity contribution in [1.29, 1.82) is 0 Å². The summed E-state index contributed by atoms with van der Waals surface area (Å²) in [5, 5.41) is 4.48. The summed E-state index contributed by atoms with van der Waals surface area (Å²) in [6, 6.07) is 14.9. The highest BCUT2D eigenvalue weighted by atomic mass is 19.4. The smallest absolute Gasteiger partial charge is 0.299 e. The molecule has 2 aromatic carbocycles. The maximum atomic E-state index is 12.9. The lowest BCUT2D eigenvalue weighted by molar-refractivity contribution is -0.137. The van der Waals surface area contributed by atoms with E-state index in [0.717, 1.165) is 43.5 Å². The van der Waals surface area contributed by atoms with Gasteiger partial charge in [-0.15, -0.1) is 0 Å². The number of hydrogen-bond acceptors (Lipinski definition) is 3. The highest BCUT2D eigenvalue weighted by Crippen LogP contribution is 2.31. The molecule has 8 heteroatoms. The summed E-state index contributed by atoms with van der Waals surface area (Å²) in [6.07, 6.45) is -2.74. The van der Waals surface area contributed by atoms with E-state index >= 15 is 0 Å². The van der Waals surface area contributed by atoms with Crippen LogP contribution in [0.2, 0.25) is 0 Å². The predicted molar refractivity (Wildman–Crippen MR) is 108 cm³/mol. The molecule has 1 aromatic heterocycles. The van der Waals surface area contributed by atoms with E-state index in [4.69, 9.17) is 0 Å². The number of nitrogens with zero attached hydrogens (tertiary/aromatic N) is 4. The molecule has 0 N–H and O–H groups in total. The fraction of sp³-hybridized carbons (Fsp3) is 0.364. The molecule has 0 radical (unpaired) electrons. The Balaban J connectivity index is 1.47. The molecule has 1 aliphatic heterocycles. The summed E-state index contributed by atoms with van der Waals surface area (Å²) in [6.45, 7) is 1.95. The maximum absolute atomic E-state index is 12.9. The zero-order valence-electron chi connectivity index (χ0n) is 16.6. The Morgan fingerprint density at radius 1 is 1.03 bits per heavy atom. The fourth-order valence-electron chi connectivity index (χ4n) is 4.02. The van der Waals surface area contributed by atoms with E-state index in [9.17, 15) is 18.0 Å². The first-order chi connectivity index (χ1) is 14.3. The number of likely N-dealkylation sites (tertiary alicyclic amines) is 1. The normalized spacial score (nSPS) is 16.1. The highest BCUT2D eigenvalue weighted by molar-refractivity contribution is 5.33. The molecule has 0 amide bonds. The highest BCUT2D eigenvalue weighted by Gasteiger charge is 2.31. The minimum Gasteiger partial charge on any atom is -0.299 e. The molecule has 3 aromatic rings. The average Bonchev–Trinajstić information content (AvgIpc) is 3.03. The lowest BCUT2D eigenvalue weighted by atomic mass is 9.95. The number of aryl methyl sites for hydroxylation is 1. The first-order valence-corrected chi connectivity index (χ1v) is 9.93. The molecular weight excluding hydrogens is 393 g/mol. The third-order valence-corrected chi connectivity index (χ3v) is 5.58. The van der Waals surface area contributed by atoms with Crippen molar-refractivity contribution >= 4 is 0 Å². The predicted octanol–water partition coefficient (Wildman–Crippen LogP) is 3.97. The summed E-state index contributed by atoms with van der Waals surface area (Å²) < 4.78 is 41.9. The van der Waals surface area contributed by atoms with Crippen LogP contribution in [0.3, 0.4) is 0 Å². The van der Waals surface area contributed by atoms with Crippen LogP contribution in [0.4, 0.5) is 13.2 Å². The van der Waals surface area contributed by atoms with E-state index < -0.39 is 11.7 Å². The second-order valence-electron chi connectivity index (χ2n) is 7.68. The van der Waals surface area contributed by atoms with Gasteiger partial charge in [0.1, 0.15) is 5.82 Å².